The van der Waals surface area contributed by atoms with Crippen LogP contribution in [0.2, 0.25) is 0 Å². The number of anilines is 1. The molecule has 0 radical (unpaired) electrons. The predicted molar refractivity (Wildman–Crippen MR) is 116 cm³/mol. The van der Waals surface area contributed by atoms with Gasteiger partial charge in [-0.05, 0) is 38.9 Å². The lowest BCUT2D eigenvalue weighted by Gasteiger charge is -2.33. The fraction of sp³-hybridized carbons (Fsp3) is 0.474. The minimum atomic E-state index is -0.765. The molecule has 4 N–H and O–H groups in total. The second-order valence-electron chi connectivity index (χ2n) is 6.94. The third-order valence-corrected chi connectivity index (χ3v) is 5.11. The summed E-state index contributed by atoms with van der Waals surface area (Å²) in [5.74, 6) is 1.19. The predicted octanol–water partition coefficient (Wildman–Crippen LogP) is 2.66. The molecule has 0 atom stereocenters. The number of halogens is 2. The van der Waals surface area contributed by atoms with Crippen LogP contribution in [0.15, 0.2) is 24.3 Å². The Morgan fingerprint density at radius 1 is 1.21 bits per heavy atom. The first kappa shape index (κ1) is 22.6. The summed E-state index contributed by atoms with van der Waals surface area (Å²) >= 11 is 0. The number of aromatic nitrogens is 3. The molecule has 1 aliphatic rings. The van der Waals surface area contributed by atoms with Crippen molar-refractivity contribution in [1.29, 1.82) is 0 Å². The lowest BCUT2D eigenvalue weighted by molar-refractivity contribution is -0.00631. The highest BCUT2D eigenvalue weighted by Crippen LogP contribution is 2.31. The summed E-state index contributed by atoms with van der Waals surface area (Å²) < 4.78 is 7.71. The van der Waals surface area contributed by atoms with E-state index in [4.69, 9.17) is 15.5 Å². The number of rotatable bonds is 5. The third-order valence-electron chi connectivity index (χ3n) is 5.11. The Balaban J connectivity index is 0.00000140. The van der Waals surface area contributed by atoms with Crippen LogP contribution < -0.4 is 11.1 Å². The molecule has 9 heteroatoms. The summed E-state index contributed by atoms with van der Waals surface area (Å²) in [6, 6.07) is 7.91. The highest BCUT2D eigenvalue weighted by atomic mass is 35.5. The van der Waals surface area contributed by atoms with E-state index in [2.05, 4.69) is 14.9 Å². The Morgan fingerprint density at radius 3 is 2.64 bits per heavy atom. The Morgan fingerprint density at radius 2 is 1.93 bits per heavy atom. The number of piperidine rings is 1. The average Bonchev–Trinajstić information content (AvgIpc) is 2.99. The molecule has 7 nitrogen and oxygen atoms in total. The summed E-state index contributed by atoms with van der Waals surface area (Å²) in [5, 5.41) is 15.4. The highest BCUT2D eigenvalue weighted by molar-refractivity contribution is 6.06. The molecule has 28 heavy (non-hydrogen) atoms. The normalized spacial score (nSPS) is 15.9. The van der Waals surface area contributed by atoms with Gasteiger partial charge < -0.3 is 25.5 Å². The van der Waals surface area contributed by atoms with Gasteiger partial charge in [0.15, 0.2) is 5.82 Å². The van der Waals surface area contributed by atoms with Crippen molar-refractivity contribution in [3.05, 3.63) is 30.1 Å². The van der Waals surface area contributed by atoms with Gasteiger partial charge in [0.05, 0.1) is 23.2 Å². The summed E-state index contributed by atoms with van der Waals surface area (Å²) in [5.41, 5.74) is 7.87. The second-order valence-corrected chi connectivity index (χ2v) is 6.94. The van der Waals surface area contributed by atoms with Crippen molar-refractivity contribution in [3.8, 4) is 0 Å². The van der Waals surface area contributed by atoms with E-state index in [-0.39, 0.29) is 24.8 Å². The van der Waals surface area contributed by atoms with E-state index in [1.54, 1.807) is 0 Å². The molecule has 0 amide bonds. The first-order valence-corrected chi connectivity index (χ1v) is 9.15. The number of pyridine rings is 1. The zero-order chi connectivity index (χ0) is 18.1. The minimum absolute atomic E-state index is 0. The van der Waals surface area contributed by atoms with Crippen LogP contribution in [0.25, 0.3) is 21.9 Å². The number of para-hydroxylation sites is 1. The molecule has 2 aromatic heterocycles. The van der Waals surface area contributed by atoms with Gasteiger partial charge in [-0.1, -0.05) is 18.2 Å². The molecule has 1 aromatic carbocycles. The molecule has 1 saturated heterocycles. The first-order valence-electron chi connectivity index (χ1n) is 9.15. The van der Waals surface area contributed by atoms with Crippen molar-refractivity contribution in [2.75, 3.05) is 25.4 Å². The van der Waals surface area contributed by atoms with Crippen LogP contribution in [-0.2, 0) is 17.9 Å². The molecular weight excluding hydrogens is 401 g/mol. The quantitative estimate of drug-likeness (QED) is 0.578. The van der Waals surface area contributed by atoms with Gasteiger partial charge in [0, 0.05) is 12.0 Å². The Bertz CT molecular complexity index is 941. The third kappa shape index (κ3) is 4.18. The molecule has 0 saturated carbocycles. The van der Waals surface area contributed by atoms with Crippen LogP contribution in [0.4, 0.5) is 5.82 Å². The Kier molecular flexibility index (Phi) is 7.47. The maximum Gasteiger partial charge on any atom is 0.152 e. The van der Waals surface area contributed by atoms with Crippen LogP contribution in [0.3, 0.4) is 0 Å². The molecule has 4 rings (SSSR count). The number of benzene rings is 1. The van der Waals surface area contributed by atoms with Gasteiger partial charge in [0.1, 0.15) is 17.9 Å². The molecule has 0 unspecified atom stereocenters. The number of nitrogens with zero attached hydrogens (tertiary/aromatic N) is 3. The molecule has 3 aromatic rings. The smallest absolute Gasteiger partial charge is 0.152 e. The molecule has 1 fully saturated rings. The SMILES string of the molecule is CCOCc1nc2c(N)nc3ccccc3c2n1CC1(O)CCNCC1.Cl.Cl. The van der Waals surface area contributed by atoms with Crippen molar-refractivity contribution < 1.29 is 9.84 Å². The summed E-state index contributed by atoms with van der Waals surface area (Å²) in [7, 11) is 0. The van der Waals surface area contributed by atoms with E-state index in [9.17, 15) is 5.11 Å². The van der Waals surface area contributed by atoms with Crippen molar-refractivity contribution >= 4 is 52.6 Å². The average molecular weight is 428 g/mol. The van der Waals surface area contributed by atoms with Gasteiger partial charge in [-0.3, -0.25) is 0 Å². The van der Waals surface area contributed by atoms with E-state index in [0.29, 0.717) is 43.9 Å². The van der Waals surface area contributed by atoms with Gasteiger partial charge in [0.25, 0.3) is 0 Å². The zero-order valence-corrected chi connectivity index (χ0v) is 17.5. The molecule has 0 spiro atoms. The lowest BCUT2D eigenvalue weighted by atomic mass is 9.92. The van der Waals surface area contributed by atoms with Crippen molar-refractivity contribution in [2.24, 2.45) is 0 Å². The number of hydrogen-bond donors (Lipinski definition) is 3. The maximum absolute atomic E-state index is 11.1. The van der Waals surface area contributed by atoms with E-state index in [0.717, 1.165) is 35.3 Å². The van der Waals surface area contributed by atoms with Crippen LogP contribution in [0.1, 0.15) is 25.6 Å². The van der Waals surface area contributed by atoms with Crippen LogP contribution in [-0.4, -0.2) is 44.9 Å². The van der Waals surface area contributed by atoms with E-state index in [1.807, 2.05) is 31.2 Å². The zero-order valence-electron chi connectivity index (χ0n) is 15.9. The van der Waals surface area contributed by atoms with Crippen LogP contribution in [0, 0.1) is 0 Å². The monoisotopic (exact) mass is 427 g/mol. The largest absolute Gasteiger partial charge is 0.388 e. The number of imidazole rings is 1. The minimum Gasteiger partial charge on any atom is -0.388 e. The Hall–Kier alpha value is -1.64. The maximum atomic E-state index is 11.1. The molecule has 1 aliphatic heterocycles. The molecule has 3 heterocycles. The summed E-state index contributed by atoms with van der Waals surface area (Å²) in [6.07, 6.45) is 1.42. The second kappa shape index (κ2) is 9.24. The van der Waals surface area contributed by atoms with Crippen LogP contribution in [0.5, 0.6) is 0 Å². The van der Waals surface area contributed by atoms with E-state index in [1.165, 1.54) is 0 Å². The Labute approximate surface area is 176 Å². The topological polar surface area (TPSA) is 98.2 Å². The van der Waals surface area contributed by atoms with Gasteiger partial charge in [-0.15, -0.1) is 24.8 Å². The summed E-state index contributed by atoms with van der Waals surface area (Å²) in [6.45, 7) is 5.04. The summed E-state index contributed by atoms with van der Waals surface area (Å²) in [4.78, 5) is 9.21. The molecule has 154 valence electrons. The highest BCUT2D eigenvalue weighted by Gasteiger charge is 2.31. The lowest BCUT2D eigenvalue weighted by Crippen LogP contribution is -2.45. The van der Waals surface area contributed by atoms with Gasteiger partial charge >= 0.3 is 0 Å². The number of nitrogens with one attached hydrogen (secondary N) is 1. The van der Waals surface area contributed by atoms with Gasteiger partial charge in [-0.2, -0.15) is 0 Å². The van der Waals surface area contributed by atoms with Crippen molar-refractivity contribution in [3.63, 3.8) is 0 Å². The fourth-order valence-electron chi connectivity index (χ4n) is 3.72. The van der Waals surface area contributed by atoms with Crippen LogP contribution >= 0.6 is 24.8 Å². The number of aliphatic hydroxyl groups is 1. The van der Waals surface area contributed by atoms with Gasteiger partial charge in [-0.25, -0.2) is 9.97 Å². The van der Waals surface area contributed by atoms with Gasteiger partial charge in [0.2, 0.25) is 0 Å². The number of hydrogen-bond acceptors (Lipinski definition) is 6. The van der Waals surface area contributed by atoms with Crippen molar-refractivity contribution in [1.82, 2.24) is 19.9 Å². The number of nitrogens with two attached hydrogens (primary N) is 1. The van der Waals surface area contributed by atoms with E-state index < -0.39 is 5.60 Å². The molecule has 0 bridgehead atoms. The number of nitrogen functional groups attached to an aromatic ring is 1. The molecule has 0 aliphatic carbocycles. The van der Waals surface area contributed by atoms with Crippen molar-refractivity contribution in [2.45, 2.75) is 38.5 Å². The number of fused-ring (bicyclic) bond motifs is 3. The number of ether oxygens (including phenoxy) is 1. The standard InChI is InChI=1S/C19H25N5O2.2ClH/c1-2-26-11-15-23-16-17(13-5-3-4-6-14(13)22-18(16)20)24(15)12-19(25)7-9-21-10-8-19;;/h3-6,21,25H,2,7-12H2,1H3,(H2,20,22);2*1H. The van der Waals surface area contributed by atoms with E-state index >= 15 is 0 Å². The fourth-order valence-corrected chi connectivity index (χ4v) is 3.72. The molecular formula is C19H27Cl2N5O2. The first-order chi connectivity index (χ1) is 12.6.